The Morgan fingerprint density at radius 3 is 2.74 bits per heavy atom. The summed E-state index contributed by atoms with van der Waals surface area (Å²) in [6.45, 7) is 4.24. The van der Waals surface area contributed by atoms with Crippen molar-refractivity contribution >= 4 is 36.4 Å². The van der Waals surface area contributed by atoms with Crippen LogP contribution in [0.4, 0.5) is 0 Å². The zero-order chi connectivity index (χ0) is 16.6. The summed E-state index contributed by atoms with van der Waals surface area (Å²) in [5.41, 5.74) is 4.02. The monoisotopic (exact) mass is 321 g/mol. The number of hydrogen-bond donors (Lipinski definition) is 1. The van der Waals surface area contributed by atoms with E-state index in [0.717, 1.165) is 17.7 Å². The van der Waals surface area contributed by atoms with Crippen molar-refractivity contribution in [3.05, 3.63) is 70.3 Å². The topological polar surface area (TPSA) is 29.1 Å². The minimum atomic E-state index is -0.134. The SMILES string of the molecule is [B]c1ccc(C(=O)/C=C2\NC(C)(C)Cc3ccccc32)c(Cl)c1. The number of carbonyl (C=O) groups excluding carboxylic acids is 1. The van der Waals surface area contributed by atoms with Crippen LogP contribution in [0.5, 0.6) is 0 Å². The molecule has 4 heteroatoms. The lowest BCUT2D eigenvalue weighted by Gasteiger charge is -2.35. The van der Waals surface area contributed by atoms with E-state index in [4.69, 9.17) is 19.4 Å². The standard InChI is InChI=1S/C19H17BClNO/c1-19(2)11-12-5-3-4-6-14(12)17(22-19)10-18(23)15-8-7-13(20)9-16(15)21/h3-10,22H,11H2,1-2H3/b17-10-. The van der Waals surface area contributed by atoms with Gasteiger partial charge in [-0.2, -0.15) is 0 Å². The predicted octanol–water partition coefficient (Wildman–Crippen LogP) is 3.28. The predicted molar refractivity (Wildman–Crippen MR) is 96.5 cm³/mol. The van der Waals surface area contributed by atoms with Crippen molar-refractivity contribution in [2.24, 2.45) is 0 Å². The van der Waals surface area contributed by atoms with Crippen LogP contribution in [-0.4, -0.2) is 19.2 Å². The highest BCUT2D eigenvalue weighted by molar-refractivity contribution is 6.38. The molecule has 0 fully saturated rings. The molecule has 1 N–H and O–H groups in total. The van der Waals surface area contributed by atoms with Crippen molar-refractivity contribution in [2.45, 2.75) is 25.8 Å². The highest BCUT2D eigenvalue weighted by Crippen LogP contribution is 2.30. The Kier molecular flexibility index (Phi) is 4.07. The van der Waals surface area contributed by atoms with Gasteiger partial charge in [0.15, 0.2) is 5.78 Å². The summed E-state index contributed by atoms with van der Waals surface area (Å²) in [7, 11) is 5.69. The van der Waals surface area contributed by atoms with Gasteiger partial charge in [-0.25, -0.2) is 0 Å². The van der Waals surface area contributed by atoms with Gasteiger partial charge in [0.1, 0.15) is 7.85 Å². The summed E-state index contributed by atoms with van der Waals surface area (Å²) in [5, 5.41) is 3.82. The van der Waals surface area contributed by atoms with Crippen molar-refractivity contribution in [3.63, 3.8) is 0 Å². The normalized spacial score (nSPS) is 17.4. The maximum Gasteiger partial charge on any atom is 0.189 e. The molecule has 0 amide bonds. The van der Waals surface area contributed by atoms with Gasteiger partial charge in [-0.1, -0.05) is 53.5 Å². The molecule has 0 saturated heterocycles. The second-order valence-corrected chi connectivity index (χ2v) is 6.91. The van der Waals surface area contributed by atoms with Crippen LogP contribution >= 0.6 is 11.6 Å². The second kappa shape index (κ2) is 5.90. The number of nitrogens with one attached hydrogen (secondary N) is 1. The lowest BCUT2D eigenvalue weighted by molar-refractivity contribution is 0.104. The van der Waals surface area contributed by atoms with Crippen LogP contribution < -0.4 is 10.8 Å². The molecule has 0 aliphatic carbocycles. The summed E-state index contributed by atoms with van der Waals surface area (Å²) >= 11 is 6.15. The van der Waals surface area contributed by atoms with Crippen LogP contribution in [0, 0.1) is 0 Å². The molecule has 2 aromatic carbocycles. The van der Waals surface area contributed by atoms with E-state index < -0.39 is 0 Å². The Balaban J connectivity index is 2.03. The number of rotatable bonds is 2. The molecule has 23 heavy (non-hydrogen) atoms. The molecular formula is C19H17BClNO. The van der Waals surface area contributed by atoms with E-state index in [1.54, 1.807) is 24.3 Å². The van der Waals surface area contributed by atoms with E-state index in [0.29, 0.717) is 16.0 Å². The third-order valence-corrected chi connectivity index (χ3v) is 4.26. The molecule has 0 bridgehead atoms. The van der Waals surface area contributed by atoms with E-state index >= 15 is 0 Å². The molecule has 2 radical (unpaired) electrons. The Morgan fingerprint density at radius 2 is 2.00 bits per heavy atom. The maximum absolute atomic E-state index is 12.6. The van der Waals surface area contributed by atoms with E-state index in [-0.39, 0.29) is 11.3 Å². The highest BCUT2D eigenvalue weighted by atomic mass is 35.5. The summed E-state index contributed by atoms with van der Waals surface area (Å²) in [6, 6.07) is 13.1. The summed E-state index contributed by atoms with van der Waals surface area (Å²) in [6.07, 6.45) is 2.54. The van der Waals surface area contributed by atoms with Crippen molar-refractivity contribution in [2.75, 3.05) is 0 Å². The van der Waals surface area contributed by atoms with Gasteiger partial charge in [-0.15, -0.1) is 0 Å². The Labute approximate surface area is 143 Å². The minimum absolute atomic E-state index is 0.106. The molecule has 0 aromatic heterocycles. The van der Waals surface area contributed by atoms with Gasteiger partial charge in [0.25, 0.3) is 0 Å². The number of allylic oxidation sites excluding steroid dienone is 1. The quantitative estimate of drug-likeness (QED) is 0.522. The van der Waals surface area contributed by atoms with Crippen molar-refractivity contribution in [3.8, 4) is 0 Å². The lowest BCUT2D eigenvalue weighted by atomic mass is 9.85. The number of hydrogen-bond acceptors (Lipinski definition) is 2. The van der Waals surface area contributed by atoms with E-state index in [9.17, 15) is 4.79 Å². The second-order valence-electron chi connectivity index (χ2n) is 6.50. The smallest absolute Gasteiger partial charge is 0.189 e. The van der Waals surface area contributed by atoms with Crippen LogP contribution in [-0.2, 0) is 6.42 Å². The van der Waals surface area contributed by atoms with Crippen molar-refractivity contribution in [1.29, 1.82) is 0 Å². The molecule has 0 unspecified atom stereocenters. The minimum Gasteiger partial charge on any atom is -0.379 e. The van der Waals surface area contributed by atoms with Crippen LogP contribution in [0.3, 0.4) is 0 Å². The molecule has 0 spiro atoms. The average Bonchev–Trinajstić information content (AvgIpc) is 2.45. The first-order chi connectivity index (χ1) is 10.9. The molecular weight excluding hydrogens is 304 g/mol. The summed E-state index contributed by atoms with van der Waals surface area (Å²) in [4.78, 5) is 12.6. The number of halogens is 1. The molecule has 114 valence electrons. The molecule has 1 aliphatic heterocycles. The lowest BCUT2D eigenvalue weighted by Crippen LogP contribution is -2.43. The fourth-order valence-electron chi connectivity index (χ4n) is 2.94. The zero-order valence-corrected chi connectivity index (χ0v) is 13.9. The van der Waals surface area contributed by atoms with E-state index in [2.05, 4.69) is 25.2 Å². The molecule has 2 aromatic rings. The molecule has 1 aliphatic rings. The first-order valence-corrected chi connectivity index (χ1v) is 7.91. The zero-order valence-electron chi connectivity index (χ0n) is 13.2. The fraction of sp³-hybridized carbons (Fsp3) is 0.211. The van der Waals surface area contributed by atoms with Crippen molar-refractivity contribution in [1.82, 2.24) is 5.32 Å². The Bertz CT molecular complexity index is 811. The van der Waals surface area contributed by atoms with E-state index in [1.165, 1.54) is 5.56 Å². The average molecular weight is 322 g/mol. The van der Waals surface area contributed by atoms with Crippen LogP contribution in [0.2, 0.25) is 5.02 Å². The molecule has 1 heterocycles. The number of fused-ring (bicyclic) bond motifs is 1. The highest BCUT2D eigenvalue weighted by Gasteiger charge is 2.27. The van der Waals surface area contributed by atoms with E-state index in [1.807, 2.05) is 18.2 Å². The van der Waals surface area contributed by atoms with Crippen LogP contribution in [0.15, 0.2) is 48.5 Å². The van der Waals surface area contributed by atoms with Gasteiger partial charge in [0.05, 0.1) is 5.02 Å². The van der Waals surface area contributed by atoms with Crippen molar-refractivity contribution < 1.29 is 4.79 Å². The first-order valence-electron chi connectivity index (χ1n) is 7.53. The van der Waals surface area contributed by atoms with Gasteiger partial charge in [-0.05, 0) is 31.9 Å². The molecule has 0 atom stereocenters. The first kappa shape index (κ1) is 15.9. The summed E-state index contributed by atoms with van der Waals surface area (Å²) in [5.74, 6) is -0.134. The molecule has 3 rings (SSSR count). The molecule has 0 saturated carbocycles. The largest absolute Gasteiger partial charge is 0.379 e. The third kappa shape index (κ3) is 3.35. The molecule has 2 nitrogen and oxygen atoms in total. The Morgan fingerprint density at radius 1 is 1.26 bits per heavy atom. The van der Waals surface area contributed by atoms with Crippen LogP contribution in [0.1, 0.15) is 35.3 Å². The van der Waals surface area contributed by atoms with Crippen LogP contribution in [0.25, 0.3) is 5.70 Å². The Hall–Kier alpha value is -2.00. The van der Waals surface area contributed by atoms with Gasteiger partial charge in [-0.3, -0.25) is 4.79 Å². The summed E-state index contributed by atoms with van der Waals surface area (Å²) < 4.78 is 0. The van der Waals surface area contributed by atoms with Gasteiger partial charge in [0.2, 0.25) is 0 Å². The number of ketones is 1. The van der Waals surface area contributed by atoms with Gasteiger partial charge >= 0.3 is 0 Å². The number of benzene rings is 2. The fourth-order valence-corrected chi connectivity index (χ4v) is 3.23. The maximum atomic E-state index is 12.6. The van der Waals surface area contributed by atoms with Gasteiger partial charge < -0.3 is 5.32 Å². The number of carbonyl (C=O) groups is 1. The van der Waals surface area contributed by atoms with Gasteiger partial charge in [0, 0.05) is 28.4 Å². The third-order valence-electron chi connectivity index (χ3n) is 3.95.